The molecule has 1 saturated heterocycles. The van der Waals surface area contributed by atoms with E-state index in [0.29, 0.717) is 0 Å². The van der Waals surface area contributed by atoms with E-state index >= 15 is 0 Å². The monoisotopic (exact) mass is 658 g/mol. The first-order valence-electron chi connectivity index (χ1n) is 15.5. The van der Waals surface area contributed by atoms with Crippen LogP contribution in [0.2, 0.25) is 0 Å². The van der Waals surface area contributed by atoms with Gasteiger partial charge in [0, 0.05) is 25.0 Å². The van der Waals surface area contributed by atoms with Gasteiger partial charge in [0.25, 0.3) is 0 Å². The molecule has 14 N–H and O–H groups in total. The lowest BCUT2D eigenvalue weighted by Crippen LogP contribution is -2.64. The molecule has 0 aromatic carbocycles. The molecule has 20 unspecified atom stereocenters. The van der Waals surface area contributed by atoms with Gasteiger partial charge >= 0.3 is 0 Å². The molecule has 264 valence electrons. The van der Waals surface area contributed by atoms with Crippen LogP contribution in [0, 0.1) is 23.7 Å². The van der Waals surface area contributed by atoms with Crippen molar-refractivity contribution in [1.82, 2.24) is 0 Å². The van der Waals surface area contributed by atoms with E-state index < -0.39 is 141 Å². The molecule has 0 radical (unpaired) electrons. The highest BCUT2D eigenvalue weighted by Crippen LogP contribution is 2.40. The van der Waals surface area contributed by atoms with Crippen LogP contribution in [0.3, 0.4) is 0 Å². The summed E-state index contributed by atoms with van der Waals surface area (Å²) in [6.45, 7) is -1.72. The topological polar surface area (TPSA) is 311 Å². The van der Waals surface area contributed by atoms with Crippen LogP contribution in [0.25, 0.3) is 0 Å². The highest BCUT2D eigenvalue weighted by atomic mass is 16.7. The quantitative estimate of drug-likeness (QED) is 0.104. The average molecular weight is 659 g/mol. The number of hydrogen-bond acceptors (Lipinski definition) is 17. The largest absolute Gasteiger partial charge is 0.396 e. The summed E-state index contributed by atoms with van der Waals surface area (Å²) in [5.74, 6) is -2.96. The minimum absolute atomic E-state index is 0.107. The van der Waals surface area contributed by atoms with Crippen LogP contribution in [0.4, 0.5) is 0 Å². The van der Waals surface area contributed by atoms with Crippen LogP contribution < -0.4 is 0 Å². The smallest absolute Gasteiger partial charge is 0.187 e. The Hall–Kier alpha value is -0.680. The highest BCUT2D eigenvalue weighted by molar-refractivity contribution is 5.00. The lowest BCUT2D eigenvalue weighted by molar-refractivity contribution is -0.336. The van der Waals surface area contributed by atoms with Crippen molar-refractivity contribution < 1.29 is 85.7 Å². The third kappa shape index (κ3) is 7.65. The Balaban J connectivity index is 1.56. The van der Waals surface area contributed by atoms with Gasteiger partial charge in [-0.2, -0.15) is 0 Å². The van der Waals surface area contributed by atoms with E-state index in [1.54, 1.807) is 0 Å². The molecule has 17 heteroatoms. The van der Waals surface area contributed by atoms with Crippen molar-refractivity contribution in [3.05, 3.63) is 0 Å². The minimum Gasteiger partial charge on any atom is -0.396 e. The van der Waals surface area contributed by atoms with E-state index in [9.17, 15) is 71.5 Å². The molecule has 4 aliphatic rings. The maximum Gasteiger partial charge on any atom is 0.187 e. The predicted octanol–water partition coefficient (Wildman–Crippen LogP) is -6.75. The van der Waals surface area contributed by atoms with Crippen LogP contribution in [0.15, 0.2) is 0 Å². The molecule has 45 heavy (non-hydrogen) atoms. The maximum atomic E-state index is 11.4. The zero-order chi connectivity index (χ0) is 33.3. The van der Waals surface area contributed by atoms with Gasteiger partial charge in [-0.25, -0.2) is 0 Å². The van der Waals surface area contributed by atoms with Crippen molar-refractivity contribution in [3.63, 3.8) is 0 Å². The molecule has 0 spiro atoms. The third-order valence-electron chi connectivity index (χ3n) is 10.3. The van der Waals surface area contributed by atoms with Crippen LogP contribution in [0.1, 0.15) is 32.1 Å². The Bertz CT molecular complexity index is 912. The lowest BCUT2D eigenvalue weighted by Gasteiger charge is -2.49. The second-order valence-corrected chi connectivity index (χ2v) is 13.1. The van der Waals surface area contributed by atoms with Gasteiger partial charge in [0.2, 0.25) is 0 Å². The summed E-state index contributed by atoms with van der Waals surface area (Å²) < 4.78 is 17.1. The molecule has 4 rings (SSSR count). The normalized spacial score (nSPS) is 52.9. The van der Waals surface area contributed by atoms with Gasteiger partial charge in [-0.3, -0.25) is 0 Å². The molecule has 1 aliphatic heterocycles. The first-order valence-corrected chi connectivity index (χ1v) is 15.5. The van der Waals surface area contributed by atoms with Gasteiger partial charge in [0.15, 0.2) is 6.29 Å². The van der Waals surface area contributed by atoms with Gasteiger partial charge in [0.1, 0.15) is 54.9 Å². The number of aliphatic hydroxyl groups is 14. The van der Waals surface area contributed by atoms with Crippen LogP contribution in [-0.2, 0) is 14.2 Å². The molecule has 0 aromatic rings. The number of ether oxygens (including phenoxy) is 3. The Kier molecular flexibility index (Phi) is 13.0. The number of hydrogen-bond donors (Lipinski definition) is 14. The molecule has 0 amide bonds. The number of rotatable bonds is 10. The fourth-order valence-corrected chi connectivity index (χ4v) is 7.33. The zero-order valence-electron chi connectivity index (χ0n) is 24.7. The maximum absolute atomic E-state index is 11.4. The van der Waals surface area contributed by atoms with Gasteiger partial charge in [-0.1, -0.05) is 0 Å². The fourth-order valence-electron chi connectivity index (χ4n) is 7.33. The van der Waals surface area contributed by atoms with Crippen LogP contribution in [-0.4, -0.2) is 189 Å². The zero-order valence-corrected chi connectivity index (χ0v) is 24.7. The van der Waals surface area contributed by atoms with Crippen LogP contribution in [0.5, 0.6) is 0 Å². The van der Waals surface area contributed by atoms with Gasteiger partial charge in [-0.05, 0) is 43.9 Å². The number of aliphatic hydroxyl groups excluding tert-OH is 14. The average Bonchev–Trinajstić information content (AvgIpc) is 3.02. The second-order valence-electron chi connectivity index (χ2n) is 13.1. The van der Waals surface area contributed by atoms with E-state index in [1.807, 2.05) is 0 Å². The summed E-state index contributed by atoms with van der Waals surface area (Å²) in [4.78, 5) is 0. The Morgan fingerprint density at radius 2 is 0.956 bits per heavy atom. The third-order valence-corrected chi connectivity index (χ3v) is 10.3. The van der Waals surface area contributed by atoms with Crippen molar-refractivity contribution in [2.24, 2.45) is 23.7 Å². The summed E-state index contributed by atoms with van der Waals surface area (Å²) in [6.07, 6.45) is -24.5. The summed E-state index contributed by atoms with van der Waals surface area (Å²) in [5.41, 5.74) is 0. The summed E-state index contributed by atoms with van der Waals surface area (Å²) in [6, 6.07) is 0. The minimum atomic E-state index is -1.87. The molecular weight excluding hydrogens is 608 g/mol. The first kappa shape index (κ1) is 37.1. The molecule has 20 atom stereocenters. The Morgan fingerprint density at radius 1 is 0.444 bits per heavy atom. The van der Waals surface area contributed by atoms with E-state index in [2.05, 4.69) is 0 Å². The first-order chi connectivity index (χ1) is 21.2. The SMILES string of the molecule is OCC1CC(CCC2CC(OC3C(O)C(O)CC(CO)C3O)C(O)C(OC3OC(CO)C(O)C(O)C3O)C2O)C(O)C(O)C1O. The van der Waals surface area contributed by atoms with Gasteiger partial charge in [0.05, 0.1) is 43.2 Å². The fraction of sp³-hybridized carbons (Fsp3) is 1.00. The molecule has 3 aliphatic carbocycles. The molecular formula is C28H50O17. The molecule has 17 nitrogen and oxygen atoms in total. The summed E-state index contributed by atoms with van der Waals surface area (Å²) >= 11 is 0. The highest BCUT2D eigenvalue weighted by Gasteiger charge is 2.53. The van der Waals surface area contributed by atoms with Crippen LogP contribution >= 0.6 is 0 Å². The Morgan fingerprint density at radius 3 is 1.56 bits per heavy atom. The standard InChI is InChI=1S/C28H50O17/c29-6-11-3-9(16(33)23(40)17(11)34)1-2-10-5-14(43-26-19(36)12(7-30)4-13(32)20(26)37)22(39)27(18(10)35)45-28-25(42)24(41)21(38)15(8-31)44-28/h9-42H,1-8H2. The van der Waals surface area contributed by atoms with Crippen molar-refractivity contribution >= 4 is 0 Å². The van der Waals surface area contributed by atoms with E-state index in [4.69, 9.17) is 14.2 Å². The van der Waals surface area contributed by atoms with E-state index in [0.717, 1.165) is 0 Å². The Labute approximate surface area is 259 Å². The lowest BCUT2D eigenvalue weighted by atomic mass is 9.71. The van der Waals surface area contributed by atoms with Gasteiger partial charge in [-0.15, -0.1) is 0 Å². The molecule has 0 bridgehead atoms. The molecule has 0 aromatic heterocycles. The predicted molar refractivity (Wildman–Crippen MR) is 147 cm³/mol. The van der Waals surface area contributed by atoms with Crippen molar-refractivity contribution in [1.29, 1.82) is 0 Å². The van der Waals surface area contributed by atoms with Crippen molar-refractivity contribution in [3.8, 4) is 0 Å². The van der Waals surface area contributed by atoms with E-state index in [1.165, 1.54) is 0 Å². The molecule has 4 fully saturated rings. The van der Waals surface area contributed by atoms with Crippen molar-refractivity contribution in [2.75, 3.05) is 19.8 Å². The second kappa shape index (κ2) is 15.7. The molecule has 3 saturated carbocycles. The molecule has 1 heterocycles. The van der Waals surface area contributed by atoms with E-state index in [-0.39, 0.29) is 32.1 Å². The summed E-state index contributed by atoms with van der Waals surface area (Å²) in [5, 5.41) is 145. The summed E-state index contributed by atoms with van der Waals surface area (Å²) in [7, 11) is 0. The van der Waals surface area contributed by atoms with Gasteiger partial charge < -0.3 is 85.7 Å². The van der Waals surface area contributed by atoms with Crippen molar-refractivity contribution in [2.45, 2.75) is 130 Å².